The van der Waals surface area contributed by atoms with Crippen LogP contribution in [0, 0.1) is 0 Å². The summed E-state index contributed by atoms with van der Waals surface area (Å²) < 4.78 is 0. The summed E-state index contributed by atoms with van der Waals surface area (Å²) in [6.45, 7) is 0. The normalized spacial score (nSPS) is 14.0. The van der Waals surface area contributed by atoms with Crippen molar-refractivity contribution in [2.24, 2.45) is 5.73 Å². The zero-order valence-corrected chi connectivity index (χ0v) is 20.5. The largest absolute Gasteiger partial charge is 0.481 e. The van der Waals surface area contributed by atoms with E-state index in [1.165, 1.54) is 37.6 Å². The van der Waals surface area contributed by atoms with E-state index in [1.807, 2.05) is 0 Å². The highest BCUT2D eigenvalue weighted by Crippen LogP contribution is 2.05. The Morgan fingerprint density at radius 1 is 0.692 bits per heavy atom. The molecule has 39 heavy (non-hydrogen) atoms. The summed E-state index contributed by atoms with van der Waals surface area (Å²) in [4.78, 5) is 81.8. The molecule has 3 aromatic rings. The molecule has 17 heteroatoms. The van der Waals surface area contributed by atoms with E-state index < -0.39 is 60.2 Å². The van der Waals surface area contributed by atoms with Crippen molar-refractivity contribution in [2.45, 2.75) is 49.9 Å². The minimum absolute atomic E-state index is 0.0899. The molecule has 4 unspecified atom stereocenters. The van der Waals surface area contributed by atoms with Gasteiger partial charge in [0.15, 0.2) is 0 Å². The molecule has 3 aromatic heterocycles. The van der Waals surface area contributed by atoms with Crippen molar-refractivity contribution in [3.63, 3.8) is 0 Å². The van der Waals surface area contributed by atoms with E-state index >= 15 is 0 Å². The third-order valence-electron chi connectivity index (χ3n) is 5.55. The fourth-order valence-electron chi connectivity index (χ4n) is 3.58. The van der Waals surface area contributed by atoms with Crippen LogP contribution in [0.3, 0.4) is 0 Å². The molecule has 0 saturated carbocycles. The van der Waals surface area contributed by atoms with E-state index in [1.54, 1.807) is 0 Å². The third-order valence-corrected chi connectivity index (χ3v) is 5.55. The number of hydrogen-bond acceptors (Lipinski definition) is 9. The summed E-state index contributed by atoms with van der Waals surface area (Å²) in [5.41, 5.74) is 7.43. The van der Waals surface area contributed by atoms with Crippen LogP contribution >= 0.6 is 0 Å². The number of carboxylic acids is 2. The van der Waals surface area contributed by atoms with Gasteiger partial charge in [-0.15, -0.1) is 0 Å². The van der Waals surface area contributed by atoms with E-state index in [4.69, 9.17) is 5.73 Å². The van der Waals surface area contributed by atoms with E-state index in [9.17, 15) is 34.2 Å². The standard InChI is InChI=1S/C22H28N10O7/c23-14(1-11-5-24-8-27-11)19(35)30-15(2-12-6-25-9-28-12)20(36)31-16(4-18(33)34)21(37)32-17(22(38)39)3-13-7-26-10-29-13/h5-10,14-17H,1-4,23H2,(H,24,27)(H,25,28)(H,26,29)(H,30,35)(H,31,36)(H,32,37)(H,33,34)(H,38,39). The highest BCUT2D eigenvalue weighted by molar-refractivity contribution is 5.95. The lowest BCUT2D eigenvalue weighted by Gasteiger charge is -2.24. The number of carbonyl (C=O) groups is 5. The SMILES string of the molecule is NC(Cc1cnc[nH]1)C(=O)NC(Cc1cnc[nH]1)C(=O)NC(CC(=O)O)C(=O)NC(Cc1cnc[nH]1)C(=O)O. The molecule has 0 aromatic carbocycles. The quantitative estimate of drug-likeness (QED) is 0.0944. The van der Waals surface area contributed by atoms with Gasteiger partial charge in [0.2, 0.25) is 17.7 Å². The van der Waals surface area contributed by atoms with Crippen molar-refractivity contribution in [1.29, 1.82) is 0 Å². The Labute approximate surface area is 220 Å². The van der Waals surface area contributed by atoms with Crippen LogP contribution < -0.4 is 21.7 Å². The number of aliphatic carboxylic acids is 2. The second-order valence-corrected chi connectivity index (χ2v) is 8.57. The van der Waals surface area contributed by atoms with Gasteiger partial charge >= 0.3 is 11.9 Å². The maximum absolute atomic E-state index is 13.2. The molecule has 208 valence electrons. The molecule has 3 rings (SSSR count). The topological polar surface area (TPSA) is 274 Å². The molecule has 0 aliphatic rings. The molecule has 0 aliphatic heterocycles. The second kappa shape index (κ2) is 13.5. The minimum Gasteiger partial charge on any atom is -0.481 e. The summed E-state index contributed by atoms with van der Waals surface area (Å²) >= 11 is 0. The Kier molecular flexibility index (Phi) is 9.85. The number of rotatable bonds is 15. The van der Waals surface area contributed by atoms with E-state index in [2.05, 4.69) is 45.9 Å². The number of aromatic nitrogens is 6. The summed E-state index contributed by atoms with van der Waals surface area (Å²) in [7, 11) is 0. The predicted octanol–water partition coefficient (Wildman–Crippen LogP) is -2.78. The van der Waals surface area contributed by atoms with Gasteiger partial charge in [0.05, 0.1) is 31.4 Å². The molecule has 0 bridgehead atoms. The number of imidazole rings is 3. The van der Waals surface area contributed by atoms with Gasteiger partial charge < -0.3 is 46.8 Å². The molecule has 0 fully saturated rings. The van der Waals surface area contributed by atoms with Gasteiger partial charge in [0.1, 0.15) is 18.1 Å². The van der Waals surface area contributed by atoms with Gasteiger partial charge in [0.25, 0.3) is 0 Å². The van der Waals surface area contributed by atoms with Gasteiger partial charge in [0, 0.05) is 54.9 Å². The number of amides is 3. The van der Waals surface area contributed by atoms with Crippen molar-refractivity contribution in [2.75, 3.05) is 0 Å². The van der Waals surface area contributed by atoms with Crippen LogP contribution in [-0.2, 0) is 43.2 Å². The third kappa shape index (κ3) is 8.78. The number of nitrogens with one attached hydrogen (secondary N) is 6. The van der Waals surface area contributed by atoms with E-state index in [-0.39, 0.29) is 19.3 Å². The van der Waals surface area contributed by atoms with Gasteiger partial charge in [-0.25, -0.2) is 19.7 Å². The van der Waals surface area contributed by atoms with Crippen LogP contribution in [0.15, 0.2) is 37.6 Å². The smallest absolute Gasteiger partial charge is 0.326 e. The van der Waals surface area contributed by atoms with Crippen molar-refractivity contribution in [3.8, 4) is 0 Å². The van der Waals surface area contributed by atoms with E-state index in [0.29, 0.717) is 17.1 Å². The molecule has 0 spiro atoms. The average molecular weight is 545 g/mol. The molecule has 3 heterocycles. The van der Waals surface area contributed by atoms with Crippen LogP contribution in [0.2, 0.25) is 0 Å². The Morgan fingerprint density at radius 3 is 1.59 bits per heavy atom. The van der Waals surface area contributed by atoms with Gasteiger partial charge in [-0.1, -0.05) is 0 Å². The number of H-pyrrole nitrogens is 3. The zero-order chi connectivity index (χ0) is 28.4. The van der Waals surface area contributed by atoms with Gasteiger partial charge in [-0.2, -0.15) is 0 Å². The second-order valence-electron chi connectivity index (χ2n) is 8.57. The monoisotopic (exact) mass is 544 g/mol. The van der Waals surface area contributed by atoms with Crippen LogP contribution in [0.5, 0.6) is 0 Å². The summed E-state index contributed by atoms with van der Waals surface area (Å²) in [5, 5.41) is 25.9. The summed E-state index contributed by atoms with van der Waals surface area (Å²) in [5.74, 6) is -5.43. The molecular formula is C22H28N10O7. The van der Waals surface area contributed by atoms with Gasteiger partial charge in [-0.05, 0) is 0 Å². The molecule has 3 amide bonds. The number of aromatic amines is 3. The fraction of sp³-hybridized carbons (Fsp3) is 0.364. The van der Waals surface area contributed by atoms with Gasteiger partial charge in [-0.3, -0.25) is 19.2 Å². The highest BCUT2D eigenvalue weighted by Gasteiger charge is 2.32. The number of carbonyl (C=O) groups excluding carboxylic acids is 3. The maximum atomic E-state index is 13.2. The Bertz CT molecular complexity index is 1240. The number of carboxylic acid groups (broad SMARTS) is 2. The van der Waals surface area contributed by atoms with Crippen molar-refractivity contribution < 1.29 is 34.2 Å². The number of nitrogens with two attached hydrogens (primary N) is 1. The van der Waals surface area contributed by atoms with Crippen LogP contribution in [0.25, 0.3) is 0 Å². The lowest BCUT2D eigenvalue weighted by Crippen LogP contribution is -2.58. The predicted molar refractivity (Wildman–Crippen MR) is 131 cm³/mol. The Balaban J connectivity index is 1.72. The fourth-order valence-corrected chi connectivity index (χ4v) is 3.58. The van der Waals surface area contributed by atoms with Crippen molar-refractivity contribution in [3.05, 3.63) is 54.7 Å². The van der Waals surface area contributed by atoms with Crippen molar-refractivity contribution >= 4 is 29.7 Å². The lowest BCUT2D eigenvalue weighted by atomic mass is 10.1. The molecule has 0 radical (unpaired) electrons. The first-order chi connectivity index (χ1) is 18.6. The highest BCUT2D eigenvalue weighted by atomic mass is 16.4. The molecule has 10 N–H and O–H groups in total. The summed E-state index contributed by atoms with van der Waals surface area (Å²) in [6, 6.07) is -5.43. The maximum Gasteiger partial charge on any atom is 0.326 e. The Morgan fingerprint density at radius 2 is 1.13 bits per heavy atom. The molecule has 0 aliphatic carbocycles. The number of hydrogen-bond donors (Lipinski definition) is 9. The van der Waals surface area contributed by atoms with Crippen LogP contribution in [0.4, 0.5) is 0 Å². The van der Waals surface area contributed by atoms with Crippen LogP contribution in [-0.4, -0.2) is 93.9 Å². The molecule has 17 nitrogen and oxygen atoms in total. The minimum atomic E-state index is -1.65. The molecule has 0 saturated heterocycles. The van der Waals surface area contributed by atoms with Crippen LogP contribution in [0.1, 0.15) is 23.5 Å². The lowest BCUT2D eigenvalue weighted by molar-refractivity contribution is -0.143. The first-order valence-corrected chi connectivity index (χ1v) is 11.7. The zero-order valence-electron chi connectivity index (χ0n) is 20.5. The first-order valence-electron chi connectivity index (χ1n) is 11.7. The van der Waals surface area contributed by atoms with Crippen molar-refractivity contribution in [1.82, 2.24) is 45.9 Å². The number of nitrogens with zero attached hydrogens (tertiary/aromatic N) is 3. The summed E-state index contributed by atoms with van der Waals surface area (Å²) in [6.07, 6.45) is 7.40. The first kappa shape index (κ1) is 28.5. The molecular weight excluding hydrogens is 516 g/mol. The Hall–Kier alpha value is -5.06. The molecule has 4 atom stereocenters. The average Bonchev–Trinajstić information content (AvgIpc) is 3.66. The van der Waals surface area contributed by atoms with E-state index in [0.717, 1.165) is 0 Å².